The van der Waals surface area contributed by atoms with Gasteiger partial charge in [0.05, 0.1) is 49.8 Å². The number of rotatable bonds is 10. The summed E-state index contributed by atoms with van der Waals surface area (Å²) in [7, 11) is 4.97. The van der Waals surface area contributed by atoms with Gasteiger partial charge in [0.2, 0.25) is 0 Å². The van der Waals surface area contributed by atoms with Gasteiger partial charge in [-0.15, -0.1) is 0 Å². The zero-order valence-corrected chi connectivity index (χ0v) is 38.2. The fourth-order valence-corrected chi connectivity index (χ4v) is 9.84. The monoisotopic (exact) mass is 894 g/mol. The van der Waals surface area contributed by atoms with E-state index in [9.17, 15) is 9.59 Å². The van der Waals surface area contributed by atoms with E-state index in [0.29, 0.717) is 43.2 Å². The summed E-state index contributed by atoms with van der Waals surface area (Å²) in [5.41, 5.74) is 9.00. The highest BCUT2D eigenvalue weighted by Gasteiger charge is 2.37. The van der Waals surface area contributed by atoms with Gasteiger partial charge in [0.15, 0.2) is 0 Å². The molecule has 2 aliphatic rings. The molecule has 0 saturated carbocycles. The molecule has 0 radical (unpaired) electrons. The van der Waals surface area contributed by atoms with Crippen molar-refractivity contribution in [2.24, 2.45) is 0 Å². The van der Waals surface area contributed by atoms with Gasteiger partial charge in [0.1, 0.15) is 28.9 Å². The lowest BCUT2D eigenvalue weighted by atomic mass is 9.87. The van der Waals surface area contributed by atoms with Crippen molar-refractivity contribution in [3.8, 4) is 39.8 Å². The van der Waals surface area contributed by atoms with E-state index in [-0.39, 0.29) is 29.9 Å². The molecule has 0 bridgehead atoms. The number of hydrogen-bond donors (Lipinski definition) is 2. The number of fused-ring (bicyclic) bond motifs is 2. The molecule has 67 heavy (non-hydrogen) atoms. The van der Waals surface area contributed by atoms with Crippen LogP contribution in [0.1, 0.15) is 66.3 Å². The molecule has 10 rings (SSSR count). The molecule has 8 aromatic rings. The Balaban J connectivity index is 0.964. The van der Waals surface area contributed by atoms with Crippen LogP contribution in [-0.2, 0) is 0 Å². The van der Waals surface area contributed by atoms with Gasteiger partial charge < -0.3 is 43.4 Å². The van der Waals surface area contributed by atoms with Crippen LogP contribution in [0.2, 0.25) is 0 Å². The molecule has 4 amide bonds. The van der Waals surface area contributed by atoms with Crippen molar-refractivity contribution in [2.45, 2.75) is 50.5 Å². The zero-order valence-electron chi connectivity index (χ0n) is 38.2. The number of anilines is 2. The van der Waals surface area contributed by atoms with Crippen molar-refractivity contribution in [3.05, 3.63) is 163 Å². The molecule has 2 fully saturated rings. The number of piperidine rings is 2. The number of urea groups is 2. The predicted octanol–water partition coefficient (Wildman–Crippen LogP) is 11.2. The van der Waals surface area contributed by atoms with Crippen LogP contribution in [0.3, 0.4) is 0 Å². The Morgan fingerprint density at radius 2 is 1.22 bits per heavy atom. The van der Waals surface area contributed by atoms with Gasteiger partial charge in [0, 0.05) is 71.9 Å². The second-order valence-electron chi connectivity index (χ2n) is 17.4. The van der Waals surface area contributed by atoms with Crippen molar-refractivity contribution < 1.29 is 23.8 Å². The number of imidazole rings is 2. The van der Waals surface area contributed by atoms with Gasteiger partial charge in [-0.25, -0.2) is 19.6 Å². The molecule has 0 spiro atoms. The number of hydrogen-bond acceptors (Lipinski definition) is 7. The third-order valence-electron chi connectivity index (χ3n) is 13.3. The topological polar surface area (TPSA) is 127 Å². The first-order valence-electron chi connectivity index (χ1n) is 22.9. The van der Waals surface area contributed by atoms with Gasteiger partial charge in [-0.2, -0.15) is 0 Å². The van der Waals surface area contributed by atoms with E-state index < -0.39 is 0 Å². The Labute approximate surface area is 390 Å². The molecule has 4 aromatic heterocycles. The molecular weight excluding hydrogens is 841 g/mol. The molecule has 2 saturated heterocycles. The Morgan fingerprint density at radius 1 is 0.597 bits per heavy atom. The zero-order chi connectivity index (χ0) is 46.0. The van der Waals surface area contributed by atoms with Crippen LogP contribution < -0.4 is 24.8 Å². The first-order chi connectivity index (χ1) is 32.8. The second kappa shape index (κ2) is 18.6. The van der Waals surface area contributed by atoms with E-state index in [4.69, 9.17) is 24.2 Å². The number of pyridine rings is 2. The summed E-state index contributed by atoms with van der Waals surface area (Å²) in [6, 6.07) is 41.0. The molecule has 13 nitrogen and oxygen atoms in total. The molecule has 13 heteroatoms. The van der Waals surface area contributed by atoms with Crippen LogP contribution in [0.5, 0.6) is 17.2 Å². The van der Waals surface area contributed by atoms with Gasteiger partial charge in [0.25, 0.3) is 0 Å². The van der Waals surface area contributed by atoms with Gasteiger partial charge >= 0.3 is 12.1 Å². The van der Waals surface area contributed by atoms with E-state index in [1.807, 2.05) is 114 Å². The second-order valence-corrected chi connectivity index (χ2v) is 17.4. The fourth-order valence-electron chi connectivity index (χ4n) is 9.84. The van der Waals surface area contributed by atoms with Crippen molar-refractivity contribution in [3.63, 3.8) is 0 Å². The number of likely N-dealkylation sites (tertiary alicyclic amines) is 2. The number of methoxy groups -OCH3 is 3. The lowest BCUT2D eigenvalue weighted by Gasteiger charge is -2.40. The Morgan fingerprint density at radius 3 is 1.88 bits per heavy atom. The highest BCUT2D eigenvalue weighted by molar-refractivity contribution is 5.91. The molecular formula is C54H54N8O5. The van der Waals surface area contributed by atoms with E-state index in [2.05, 4.69) is 62.2 Å². The van der Waals surface area contributed by atoms with Gasteiger partial charge in [-0.05, 0) is 111 Å². The molecule has 4 aromatic carbocycles. The lowest BCUT2D eigenvalue weighted by molar-refractivity contribution is 0.149. The normalized spacial score (nSPS) is 17.3. The molecule has 2 aliphatic heterocycles. The molecule has 340 valence electrons. The Bertz CT molecular complexity index is 3070. The average Bonchev–Trinajstić information content (AvgIpc) is 3.97. The number of benzene rings is 4. The van der Waals surface area contributed by atoms with Crippen molar-refractivity contribution in [2.75, 3.05) is 51.6 Å². The molecule has 6 heterocycles. The average molecular weight is 895 g/mol. The van der Waals surface area contributed by atoms with E-state index in [1.54, 1.807) is 21.3 Å². The van der Waals surface area contributed by atoms with E-state index in [0.717, 1.165) is 87.0 Å². The number of aryl methyl sites for hydroxylation is 1. The summed E-state index contributed by atoms with van der Waals surface area (Å²) in [4.78, 5) is 42.6. The summed E-state index contributed by atoms with van der Waals surface area (Å²) >= 11 is 0. The molecule has 3 atom stereocenters. The third-order valence-corrected chi connectivity index (χ3v) is 13.3. The Kier molecular flexibility index (Phi) is 12.0. The van der Waals surface area contributed by atoms with Crippen molar-refractivity contribution >= 4 is 34.5 Å². The van der Waals surface area contributed by atoms with E-state index in [1.165, 1.54) is 0 Å². The molecule has 2 N–H and O–H groups in total. The number of amides is 4. The number of aromatic nitrogens is 4. The third kappa shape index (κ3) is 8.60. The van der Waals surface area contributed by atoms with Gasteiger partial charge in [-0.3, -0.25) is 0 Å². The molecule has 1 unspecified atom stereocenters. The first-order valence-corrected chi connectivity index (χ1v) is 22.9. The smallest absolute Gasteiger partial charge is 0.322 e. The number of carbonyl (C=O) groups excluding carboxylic acids is 2. The lowest BCUT2D eigenvalue weighted by Crippen LogP contribution is -2.44. The van der Waals surface area contributed by atoms with Crippen LogP contribution in [0.15, 0.2) is 140 Å². The van der Waals surface area contributed by atoms with E-state index >= 15 is 0 Å². The van der Waals surface area contributed by atoms with Crippen molar-refractivity contribution in [1.82, 2.24) is 28.6 Å². The Hall–Kier alpha value is -7.80. The maximum Gasteiger partial charge on any atom is 0.322 e. The highest BCUT2D eigenvalue weighted by atomic mass is 16.5. The maximum atomic E-state index is 14.7. The predicted molar refractivity (Wildman–Crippen MR) is 262 cm³/mol. The fraction of sp³-hybridized carbons (Fsp3) is 0.259. The minimum atomic E-state index is -0.309. The summed E-state index contributed by atoms with van der Waals surface area (Å²) in [6.45, 7) is 3.69. The quantitative estimate of drug-likeness (QED) is 0.140. The van der Waals surface area contributed by atoms with Crippen LogP contribution in [-0.4, -0.2) is 81.6 Å². The van der Waals surface area contributed by atoms with Crippen LogP contribution in [0.25, 0.3) is 33.5 Å². The molecule has 0 aliphatic carbocycles. The number of nitrogens with zero attached hydrogens (tertiary/aromatic N) is 6. The van der Waals surface area contributed by atoms with Crippen LogP contribution in [0, 0.1) is 6.92 Å². The van der Waals surface area contributed by atoms with Crippen LogP contribution in [0.4, 0.5) is 21.0 Å². The minimum absolute atomic E-state index is 0.0362. The van der Waals surface area contributed by atoms with Gasteiger partial charge in [-0.1, -0.05) is 54.1 Å². The SMILES string of the molecule is COc1ccc(NC(=O)N2C[C@H](c3nc(-c4cccc(OC)c4)c4ccccn34)CCC2c2ccc(-c3nc([C@@H]4CCCN(C(=O)Nc5ccc(C)cc5)C4)n4ccccc34)cc2OC)cc1. The standard InChI is InChI=1S/C54H54N8O5/c1-35-16-20-40(21-17-35)55-53(63)59-28-10-12-38(33-59)51-58-50(47-15-6-7-29-60(47)51)37-18-26-44(48(32-37)67-4)45-27-19-39(34-62(45)54(64)56-41-22-24-42(65-2)25-23-41)52-57-49(46-14-5-8-30-61(46)52)36-11-9-13-43(31-36)66-3/h5-9,11,13-18,20-26,29-32,38-39,45H,10,12,19,27-28,33-34H2,1-4H3,(H,55,63)(H,56,64)/t38-,39-,45?/m1/s1. The number of carbonyl (C=O) groups is 2. The first kappa shape index (κ1) is 43.1. The summed E-state index contributed by atoms with van der Waals surface area (Å²) in [6.07, 6.45) is 7.34. The highest BCUT2D eigenvalue weighted by Crippen LogP contribution is 2.44. The summed E-state index contributed by atoms with van der Waals surface area (Å²) in [5.74, 6) is 3.91. The minimum Gasteiger partial charge on any atom is -0.497 e. The number of ether oxygens (including phenoxy) is 3. The largest absolute Gasteiger partial charge is 0.497 e. The summed E-state index contributed by atoms with van der Waals surface area (Å²) in [5, 5.41) is 6.26. The summed E-state index contributed by atoms with van der Waals surface area (Å²) < 4.78 is 21.5. The van der Waals surface area contributed by atoms with Crippen molar-refractivity contribution in [1.29, 1.82) is 0 Å². The maximum absolute atomic E-state index is 14.7. The van der Waals surface area contributed by atoms with Crippen LogP contribution >= 0.6 is 0 Å². The number of nitrogens with one attached hydrogen (secondary N) is 2.